The predicted molar refractivity (Wildman–Crippen MR) is 96.6 cm³/mol. The molecule has 0 saturated carbocycles. The molecule has 1 fully saturated rings. The van der Waals surface area contributed by atoms with Gasteiger partial charge in [0, 0.05) is 56.1 Å². The quantitative estimate of drug-likeness (QED) is 0.750. The van der Waals surface area contributed by atoms with Gasteiger partial charge in [-0.05, 0) is 30.7 Å². The molecule has 2 heterocycles. The molecule has 23 heavy (non-hydrogen) atoms. The van der Waals surface area contributed by atoms with Crippen LogP contribution in [0.1, 0.15) is 6.42 Å². The molecule has 0 bridgehead atoms. The lowest BCUT2D eigenvalue weighted by Crippen LogP contribution is -2.46. The van der Waals surface area contributed by atoms with Crippen LogP contribution in [0.15, 0.2) is 29.6 Å². The van der Waals surface area contributed by atoms with Gasteiger partial charge in [-0.25, -0.2) is 4.98 Å². The minimum atomic E-state index is 0.277. The first-order valence-corrected chi connectivity index (χ1v) is 8.79. The van der Waals surface area contributed by atoms with Gasteiger partial charge in [-0.3, -0.25) is 4.90 Å². The molecular weight excluding hydrogens is 310 g/mol. The van der Waals surface area contributed by atoms with E-state index in [-0.39, 0.29) is 6.61 Å². The maximum atomic E-state index is 8.91. The van der Waals surface area contributed by atoms with Gasteiger partial charge in [-0.1, -0.05) is 0 Å². The molecule has 3 rings (SSSR count). The van der Waals surface area contributed by atoms with E-state index in [1.54, 1.807) is 0 Å². The van der Waals surface area contributed by atoms with Crippen molar-refractivity contribution in [1.29, 1.82) is 0 Å². The first kappa shape index (κ1) is 16.0. The second-order valence-corrected chi connectivity index (χ2v) is 6.51. The van der Waals surface area contributed by atoms with Crippen molar-refractivity contribution in [2.45, 2.75) is 6.42 Å². The largest absolute Gasteiger partial charge is 0.396 e. The highest BCUT2D eigenvalue weighted by atomic mass is 32.1. The molecule has 2 aromatic rings. The second kappa shape index (κ2) is 7.63. The number of anilines is 4. The van der Waals surface area contributed by atoms with Crippen LogP contribution in [0.4, 0.5) is 22.3 Å². The lowest BCUT2D eigenvalue weighted by Gasteiger charge is -2.36. The standard InChI is InChI=1S/C16H23N5OS/c17-15-12-23-16(19-15)18-13-2-4-14(5-3-13)21-9-7-20(8-10-21)6-1-11-22/h2-5,12,22H,1,6-11,17H2,(H,18,19). The van der Waals surface area contributed by atoms with Gasteiger partial charge >= 0.3 is 0 Å². The third-order valence-electron chi connectivity index (χ3n) is 4.01. The van der Waals surface area contributed by atoms with Crippen LogP contribution in [0.25, 0.3) is 0 Å². The smallest absolute Gasteiger partial charge is 0.189 e. The number of aromatic nitrogens is 1. The number of nitrogens with zero attached hydrogens (tertiary/aromatic N) is 3. The van der Waals surface area contributed by atoms with Gasteiger partial charge in [0.25, 0.3) is 0 Å². The van der Waals surface area contributed by atoms with E-state index < -0.39 is 0 Å². The second-order valence-electron chi connectivity index (χ2n) is 5.66. The van der Waals surface area contributed by atoms with Gasteiger partial charge < -0.3 is 21.1 Å². The van der Waals surface area contributed by atoms with Crippen molar-refractivity contribution in [3.05, 3.63) is 29.6 Å². The average molecular weight is 333 g/mol. The molecular formula is C16H23N5OS. The maximum absolute atomic E-state index is 8.91. The van der Waals surface area contributed by atoms with Crippen LogP contribution in [0.3, 0.4) is 0 Å². The van der Waals surface area contributed by atoms with Crippen molar-refractivity contribution in [2.24, 2.45) is 0 Å². The molecule has 1 aromatic heterocycles. The number of nitrogen functional groups attached to an aromatic ring is 1. The molecule has 1 aliphatic heterocycles. The Kier molecular flexibility index (Phi) is 5.32. The molecule has 0 amide bonds. The van der Waals surface area contributed by atoms with Crippen LogP contribution >= 0.6 is 11.3 Å². The molecule has 6 nitrogen and oxygen atoms in total. The van der Waals surface area contributed by atoms with Crippen molar-refractivity contribution >= 4 is 33.7 Å². The molecule has 0 atom stereocenters. The van der Waals surface area contributed by atoms with Crippen molar-refractivity contribution in [3.8, 4) is 0 Å². The van der Waals surface area contributed by atoms with Gasteiger partial charge in [-0.15, -0.1) is 11.3 Å². The maximum Gasteiger partial charge on any atom is 0.189 e. The van der Waals surface area contributed by atoms with Gasteiger partial charge in [-0.2, -0.15) is 0 Å². The number of nitrogens with two attached hydrogens (primary N) is 1. The van der Waals surface area contributed by atoms with E-state index in [0.717, 1.165) is 50.0 Å². The third kappa shape index (κ3) is 4.34. The highest BCUT2D eigenvalue weighted by Gasteiger charge is 2.16. The minimum absolute atomic E-state index is 0.277. The lowest BCUT2D eigenvalue weighted by atomic mass is 10.2. The van der Waals surface area contributed by atoms with Gasteiger partial charge in [0.15, 0.2) is 5.13 Å². The Labute approximate surface area is 140 Å². The summed E-state index contributed by atoms with van der Waals surface area (Å²) in [7, 11) is 0. The van der Waals surface area contributed by atoms with E-state index in [1.807, 2.05) is 5.38 Å². The topological polar surface area (TPSA) is 77.7 Å². The number of hydrogen-bond acceptors (Lipinski definition) is 7. The molecule has 124 valence electrons. The summed E-state index contributed by atoms with van der Waals surface area (Å²) in [6.45, 7) is 5.43. The zero-order valence-electron chi connectivity index (χ0n) is 13.1. The predicted octanol–water partition coefficient (Wildman–Crippen LogP) is 1.97. The number of aliphatic hydroxyl groups is 1. The molecule has 4 N–H and O–H groups in total. The Hall–Kier alpha value is -1.83. The zero-order valence-corrected chi connectivity index (χ0v) is 13.9. The number of hydrogen-bond donors (Lipinski definition) is 3. The highest BCUT2D eigenvalue weighted by molar-refractivity contribution is 7.14. The molecule has 0 unspecified atom stereocenters. The first-order chi connectivity index (χ1) is 11.2. The number of aliphatic hydroxyl groups excluding tert-OH is 1. The van der Waals surface area contributed by atoms with Crippen LogP contribution in [-0.4, -0.2) is 54.3 Å². The van der Waals surface area contributed by atoms with Crippen LogP contribution < -0.4 is 16.0 Å². The summed E-state index contributed by atoms with van der Waals surface area (Å²) in [5.41, 5.74) is 7.89. The fraction of sp³-hybridized carbons (Fsp3) is 0.438. The zero-order chi connectivity index (χ0) is 16.1. The van der Waals surface area contributed by atoms with Gasteiger partial charge in [0.2, 0.25) is 0 Å². The van der Waals surface area contributed by atoms with Crippen LogP contribution in [-0.2, 0) is 0 Å². The Morgan fingerprint density at radius 2 is 1.91 bits per heavy atom. The number of thiazole rings is 1. The summed E-state index contributed by atoms with van der Waals surface area (Å²) < 4.78 is 0. The minimum Gasteiger partial charge on any atom is -0.396 e. The molecule has 0 spiro atoms. The Morgan fingerprint density at radius 3 is 2.52 bits per heavy atom. The number of rotatable bonds is 6. The highest BCUT2D eigenvalue weighted by Crippen LogP contribution is 2.24. The average Bonchev–Trinajstić information content (AvgIpc) is 2.99. The van der Waals surface area contributed by atoms with Crippen molar-refractivity contribution in [3.63, 3.8) is 0 Å². The molecule has 1 aromatic carbocycles. The number of nitrogens with one attached hydrogen (secondary N) is 1. The van der Waals surface area contributed by atoms with E-state index >= 15 is 0 Å². The van der Waals surface area contributed by atoms with Gasteiger partial charge in [0.05, 0.1) is 0 Å². The monoisotopic (exact) mass is 333 g/mol. The van der Waals surface area contributed by atoms with Gasteiger partial charge in [0.1, 0.15) is 5.82 Å². The summed E-state index contributed by atoms with van der Waals surface area (Å²) in [4.78, 5) is 9.02. The summed E-state index contributed by atoms with van der Waals surface area (Å²) >= 11 is 1.50. The van der Waals surface area contributed by atoms with E-state index in [4.69, 9.17) is 10.8 Å². The van der Waals surface area contributed by atoms with E-state index in [9.17, 15) is 0 Å². The Bertz CT molecular complexity index is 607. The lowest BCUT2D eigenvalue weighted by molar-refractivity contribution is 0.216. The van der Waals surface area contributed by atoms with E-state index in [0.29, 0.717) is 5.82 Å². The fourth-order valence-corrected chi connectivity index (χ4v) is 3.37. The SMILES string of the molecule is Nc1csc(Nc2ccc(N3CCN(CCCO)CC3)cc2)n1. The fourth-order valence-electron chi connectivity index (χ4n) is 2.75. The summed E-state index contributed by atoms with van der Waals surface area (Å²) in [5.74, 6) is 0.549. The Balaban J connectivity index is 1.53. The van der Waals surface area contributed by atoms with Crippen molar-refractivity contribution in [1.82, 2.24) is 9.88 Å². The third-order valence-corrected chi connectivity index (χ3v) is 4.79. The van der Waals surface area contributed by atoms with E-state index in [2.05, 4.69) is 44.4 Å². The first-order valence-electron chi connectivity index (χ1n) is 7.91. The van der Waals surface area contributed by atoms with E-state index in [1.165, 1.54) is 17.0 Å². The van der Waals surface area contributed by atoms with Crippen molar-refractivity contribution in [2.75, 3.05) is 55.3 Å². The number of piperazine rings is 1. The summed E-state index contributed by atoms with van der Waals surface area (Å²) in [6, 6.07) is 8.43. The Morgan fingerprint density at radius 1 is 1.17 bits per heavy atom. The van der Waals surface area contributed by atoms with Crippen molar-refractivity contribution < 1.29 is 5.11 Å². The molecule has 7 heteroatoms. The number of benzene rings is 1. The van der Waals surface area contributed by atoms with Crippen LogP contribution in [0.2, 0.25) is 0 Å². The molecule has 1 aliphatic rings. The molecule has 1 saturated heterocycles. The molecule has 0 radical (unpaired) electrons. The summed E-state index contributed by atoms with van der Waals surface area (Å²) in [5, 5.41) is 14.8. The normalized spacial score (nSPS) is 15.8. The summed E-state index contributed by atoms with van der Waals surface area (Å²) in [6.07, 6.45) is 0.863. The van der Waals surface area contributed by atoms with Crippen LogP contribution in [0, 0.1) is 0 Å². The van der Waals surface area contributed by atoms with Crippen LogP contribution in [0.5, 0.6) is 0 Å². The molecule has 0 aliphatic carbocycles.